The Morgan fingerprint density at radius 1 is 1.00 bits per heavy atom. The van der Waals surface area contributed by atoms with Gasteiger partial charge in [-0.3, -0.25) is 0 Å². The fraction of sp³-hybridized carbons (Fsp3) is 0.143. The molecule has 0 heterocycles. The molecule has 0 aliphatic heterocycles. The molecule has 0 aromatic heterocycles. The standard InChI is InChI=1S/C17H16.C4H6.Zr/c1-17(2,14-8-4-5-9-14)16-12-11-13-7-3-6-10-15(13)16;1-3-4-2;/h3-12H,1-2H3;3-4H,1-2H2;/q-6;;. The van der Waals surface area contributed by atoms with Crippen molar-refractivity contribution in [3.05, 3.63) is 97.1 Å². The van der Waals surface area contributed by atoms with Gasteiger partial charge in [-0.2, -0.15) is 17.7 Å². The molecule has 0 nitrogen and oxygen atoms in total. The smallest absolute Gasteiger partial charge is 0 e. The molecule has 116 valence electrons. The van der Waals surface area contributed by atoms with Crippen molar-refractivity contribution in [2.45, 2.75) is 19.3 Å². The summed E-state index contributed by atoms with van der Waals surface area (Å²) in [5.41, 5.74) is 2.88. The van der Waals surface area contributed by atoms with E-state index in [2.05, 4.69) is 87.7 Å². The van der Waals surface area contributed by atoms with Crippen molar-refractivity contribution in [2.75, 3.05) is 0 Å². The molecule has 0 atom stereocenters. The minimum absolute atomic E-state index is 0. The molecule has 3 rings (SSSR count). The van der Waals surface area contributed by atoms with Crippen molar-refractivity contribution >= 4 is 10.8 Å². The third kappa shape index (κ3) is 3.84. The zero-order valence-corrected chi connectivity index (χ0v) is 15.8. The maximum Gasteiger partial charge on any atom is 0 e. The largest absolute Gasteiger partial charge is 0.748 e. The third-order valence-corrected chi connectivity index (χ3v) is 3.90. The fourth-order valence-electron chi connectivity index (χ4n) is 2.64. The Kier molecular flexibility index (Phi) is 6.97. The second-order valence-electron chi connectivity index (χ2n) is 5.60. The van der Waals surface area contributed by atoms with Crippen molar-refractivity contribution in [3.63, 3.8) is 0 Å². The number of allylic oxidation sites excluding steroid dienone is 2. The van der Waals surface area contributed by atoms with Gasteiger partial charge in [0, 0.05) is 26.2 Å². The van der Waals surface area contributed by atoms with Crippen molar-refractivity contribution in [1.82, 2.24) is 0 Å². The molecule has 0 amide bonds. The Bertz CT molecular complexity index is 705. The van der Waals surface area contributed by atoms with E-state index < -0.39 is 0 Å². The van der Waals surface area contributed by atoms with Crippen LogP contribution in [0, 0.1) is 0 Å². The average molecular weight is 366 g/mol. The monoisotopic (exact) mass is 364 g/mol. The van der Waals surface area contributed by atoms with E-state index in [0.29, 0.717) is 0 Å². The van der Waals surface area contributed by atoms with Crippen LogP contribution < -0.4 is 0 Å². The molecular weight excluding hydrogens is 343 g/mol. The van der Waals surface area contributed by atoms with Crippen LogP contribution in [-0.2, 0) is 31.6 Å². The van der Waals surface area contributed by atoms with Crippen molar-refractivity contribution in [3.8, 4) is 0 Å². The zero-order chi connectivity index (χ0) is 15.3. The van der Waals surface area contributed by atoms with Gasteiger partial charge in [0.25, 0.3) is 0 Å². The number of rotatable bonds is 3. The predicted molar refractivity (Wildman–Crippen MR) is 94.1 cm³/mol. The van der Waals surface area contributed by atoms with E-state index in [9.17, 15) is 0 Å². The van der Waals surface area contributed by atoms with Gasteiger partial charge in [-0.1, -0.05) is 45.2 Å². The first kappa shape index (κ1) is 18.6. The molecule has 22 heavy (non-hydrogen) atoms. The molecule has 0 N–H and O–H groups in total. The summed E-state index contributed by atoms with van der Waals surface area (Å²) in [6.07, 6.45) is 3.28. The number of fused-ring (bicyclic) bond motifs is 1. The summed E-state index contributed by atoms with van der Waals surface area (Å²) in [6, 6.07) is 21.7. The molecule has 3 aromatic carbocycles. The molecule has 0 unspecified atom stereocenters. The predicted octanol–water partition coefficient (Wildman–Crippen LogP) is 5.96. The van der Waals surface area contributed by atoms with Gasteiger partial charge in [-0.05, 0) is 0 Å². The van der Waals surface area contributed by atoms with Crippen LogP contribution in [0.3, 0.4) is 0 Å². The Hall–Kier alpha value is -1.46. The summed E-state index contributed by atoms with van der Waals surface area (Å²) >= 11 is 0. The summed E-state index contributed by atoms with van der Waals surface area (Å²) in [7, 11) is 0. The van der Waals surface area contributed by atoms with Gasteiger partial charge in [-0.15, -0.1) is 29.0 Å². The second-order valence-corrected chi connectivity index (χ2v) is 5.60. The molecule has 0 radical (unpaired) electrons. The van der Waals surface area contributed by atoms with Gasteiger partial charge >= 0.3 is 0 Å². The summed E-state index contributed by atoms with van der Waals surface area (Å²) in [5, 5.41) is 2.71. The summed E-state index contributed by atoms with van der Waals surface area (Å²) in [6.45, 7) is 11.3. The van der Waals surface area contributed by atoms with E-state index >= 15 is 0 Å². The molecule has 0 saturated carbocycles. The molecule has 1 heteroatoms. The molecular formula is C21H22Zr-6. The topological polar surface area (TPSA) is 0 Å². The van der Waals surface area contributed by atoms with Crippen molar-refractivity contribution < 1.29 is 26.2 Å². The van der Waals surface area contributed by atoms with E-state index in [1.54, 1.807) is 12.2 Å². The van der Waals surface area contributed by atoms with Crippen molar-refractivity contribution in [2.24, 2.45) is 0 Å². The maximum absolute atomic E-state index is 3.36. The molecule has 3 aromatic rings. The summed E-state index contributed by atoms with van der Waals surface area (Å²) in [5.74, 6) is 0. The van der Waals surface area contributed by atoms with Crippen LogP contribution in [0.25, 0.3) is 10.8 Å². The maximum atomic E-state index is 3.36. The van der Waals surface area contributed by atoms with Crippen molar-refractivity contribution in [1.29, 1.82) is 0 Å². The normalized spacial score (nSPS) is 10.3. The first-order valence-corrected chi connectivity index (χ1v) is 7.22. The molecule has 0 saturated heterocycles. The van der Waals surface area contributed by atoms with E-state index in [4.69, 9.17) is 0 Å². The minimum atomic E-state index is 0. The van der Waals surface area contributed by atoms with Crippen LogP contribution in [0.4, 0.5) is 0 Å². The molecule has 0 aliphatic carbocycles. The Labute approximate surface area is 153 Å². The van der Waals surface area contributed by atoms with Gasteiger partial charge < -0.3 is 29.8 Å². The minimum Gasteiger partial charge on any atom is -0.748 e. The summed E-state index contributed by atoms with van der Waals surface area (Å²) < 4.78 is 0. The fourth-order valence-corrected chi connectivity index (χ4v) is 2.64. The van der Waals surface area contributed by atoms with Crippen LogP contribution in [-0.4, -0.2) is 0 Å². The summed E-state index contributed by atoms with van der Waals surface area (Å²) in [4.78, 5) is 0. The van der Waals surface area contributed by atoms with E-state index in [0.717, 1.165) is 0 Å². The van der Waals surface area contributed by atoms with Crippen LogP contribution in [0.2, 0.25) is 0 Å². The van der Waals surface area contributed by atoms with E-state index in [-0.39, 0.29) is 31.6 Å². The van der Waals surface area contributed by atoms with Crippen LogP contribution in [0.5, 0.6) is 0 Å². The van der Waals surface area contributed by atoms with Crippen LogP contribution in [0.1, 0.15) is 25.0 Å². The van der Waals surface area contributed by atoms with Gasteiger partial charge in [0.1, 0.15) is 0 Å². The van der Waals surface area contributed by atoms with Crippen LogP contribution >= 0.6 is 0 Å². The van der Waals surface area contributed by atoms with E-state index in [1.165, 1.54) is 21.9 Å². The van der Waals surface area contributed by atoms with Gasteiger partial charge in [0.05, 0.1) is 0 Å². The molecule has 0 fully saturated rings. The van der Waals surface area contributed by atoms with E-state index in [1.807, 2.05) is 0 Å². The first-order chi connectivity index (χ1) is 10.1. The van der Waals surface area contributed by atoms with Crippen LogP contribution in [0.15, 0.2) is 86.0 Å². The Balaban J connectivity index is 0.000000436. The number of benzene rings is 1. The number of hydrogen-bond acceptors (Lipinski definition) is 0. The first-order valence-electron chi connectivity index (χ1n) is 7.22. The SMILES string of the molecule is C=CC=C.CC(C)([c-]1[cH-][cH-][cH-][cH-]1)[c-]1ccc2ccccc21.[Zr]. The zero-order valence-electron chi connectivity index (χ0n) is 13.3. The quantitative estimate of drug-likeness (QED) is 0.397. The Morgan fingerprint density at radius 2 is 1.59 bits per heavy atom. The van der Waals surface area contributed by atoms with Gasteiger partial charge in [-0.25, -0.2) is 5.41 Å². The average Bonchev–Trinajstić information content (AvgIpc) is 3.17. The molecule has 0 spiro atoms. The second kappa shape index (κ2) is 8.25. The Morgan fingerprint density at radius 3 is 2.18 bits per heavy atom. The third-order valence-electron chi connectivity index (χ3n) is 3.90. The molecule has 0 aliphatic rings. The van der Waals surface area contributed by atoms with Gasteiger partial charge in [0.15, 0.2) is 0 Å². The number of hydrogen-bond donors (Lipinski definition) is 0. The molecule has 0 bridgehead atoms. The van der Waals surface area contributed by atoms with Gasteiger partial charge in [0.2, 0.25) is 0 Å².